The predicted octanol–water partition coefficient (Wildman–Crippen LogP) is 3.73. The Morgan fingerprint density at radius 1 is 1.19 bits per heavy atom. The van der Waals surface area contributed by atoms with Gasteiger partial charge < -0.3 is 16.0 Å². The molecule has 3 amide bonds. The van der Waals surface area contributed by atoms with E-state index in [-0.39, 0.29) is 41.1 Å². The highest BCUT2D eigenvalue weighted by molar-refractivity contribution is 7.13. The van der Waals surface area contributed by atoms with E-state index in [1.165, 1.54) is 18.6 Å². The minimum absolute atomic E-state index is 0.0838. The number of benzene rings is 1. The smallest absolute Gasteiger partial charge is 0.342 e. The van der Waals surface area contributed by atoms with Crippen LogP contribution in [0.5, 0.6) is 0 Å². The fourth-order valence-corrected chi connectivity index (χ4v) is 4.58. The number of thiazole rings is 1. The zero-order valence-corrected chi connectivity index (χ0v) is 20.9. The molecule has 1 aliphatic rings. The molecule has 3 N–H and O–H groups in total. The van der Waals surface area contributed by atoms with Crippen LogP contribution in [-0.2, 0) is 17.5 Å². The highest BCUT2D eigenvalue weighted by Gasteiger charge is 2.33. The molecule has 194 valence electrons. The van der Waals surface area contributed by atoms with E-state index in [9.17, 15) is 27.6 Å². The summed E-state index contributed by atoms with van der Waals surface area (Å²) in [4.78, 5) is 51.7. The molecule has 0 saturated carbocycles. The molecule has 10 nitrogen and oxygen atoms in total. The molecule has 1 aromatic carbocycles. The van der Waals surface area contributed by atoms with Crippen LogP contribution in [0, 0.1) is 0 Å². The molecule has 3 aromatic rings. The van der Waals surface area contributed by atoms with Crippen molar-refractivity contribution in [2.45, 2.75) is 25.7 Å². The number of carbonyl (C=O) groups is 3. The molecule has 0 bridgehead atoms. The zero-order valence-electron chi connectivity index (χ0n) is 19.3. The third-order valence-electron chi connectivity index (χ3n) is 5.25. The number of amides is 3. The minimum atomic E-state index is -4.67. The maximum atomic E-state index is 13.1. The van der Waals surface area contributed by atoms with Crippen molar-refractivity contribution >= 4 is 52.2 Å². The Labute approximate surface area is 217 Å². The average molecular weight is 554 g/mol. The van der Waals surface area contributed by atoms with Crippen LogP contribution in [-0.4, -0.2) is 51.2 Å². The molecule has 0 fully saturated rings. The van der Waals surface area contributed by atoms with Gasteiger partial charge in [-0.1, -0.05) is 11.6 Å². The Morgan fingerprint density at radius 3 is 2.68 bits per heavy atom. The Morgan fingerprint density at radius 2 is 1.95 bits per heavy atom. The number of carbonyl (C=O) groups excluding carboxylic acids is 3. The van der Waals surface area contributed by atoms with Gasteiger partial charge in [-0.15, -0.1) is 11.3 Å². The third-order valence-corrected chi connectivity index (χ3v) is 6.76. The highest BCUT2D eigenvalue weighted by atomic mass is 35.5. The van der Waals surface area contributed by atoms with Crippen LogP contribution in [0.1, 0.15) is 49.3 Å². The van der Waals surface area contributed by atoms with Crippen molar-refractivity contribution in [2.24, 2.45) is 0 Å². The normalized spacial score (nSPS) is 14.8. The van der Waals surface area contributed by atoms with Crippen LogP contribution in [0.4, 0.5) is 24.7 Å². The zero-order chi connectivity index (χ0) is 26.9. The monoisotopic (exact) mass is 553 g/mol. The van der Waals surface area contributed by atoms with Gasteiger partial charge in [0.15, 0.2) is 0 Å². The first kappa shape index (κ1) is 26.4. The second-order valence-electron chi connectivity index (χ2n) is 8.17. The number of aromatic nitrogens is 3. The number of alkyl halides is 3. The fourth-order valence-electron chi connectivity index (χ4n) is 3.54. The quantitative estimate of drug-likeness (QED) is 0.439. The van der Waals surface area contributed by atoms with Gasteiger partial charge in [-0.3, -0.25) is 19.3 Å². The lowest BCUT2D eigenvalue weighted by atomic mass is 10.1. The van der Waals surface area contributed by atoms with Gasteiger partial charge in [-0.25, -0.2) is 15.0 Å². The molecule has 0 radical (unpaired) electrons. The van der Waals surface area contributed by atoms with Crippen molar-refractivity contribution in [1.29, 1.82) is 0 Å². The van der Waals surface area contributed by atoms with Crippen LogP contribution >= 0.6 is 22.9 Å². The number of hydrogen-bond donors (Lipinski definition) is 3. The van der Waals surface area contributed by atoms with Crippen molar-refractivity contribution in [3.8, 4) is 0 Å². The molecule has 3 heterocycles. The Bertz CT molecular complexity index is 1380. The number of anilines is 2. The summed E-state index contributed by atoms with van der Waals surface area (Å²) in [7, 11) is 1.72. The van der Waals surface area contributed by atoms with Crippen LogP contribution in [0.15, 0.2) is 30.7 Å². The summed E-state index contributed by atoms with van der Waals surface area (Å²) in [5.41, 5.74) is -0.606. The van der Waals surface area contributed by atoms with E-state index in [0.29, 0.717) is 10.6 Å². The number of nitrogens with zero attached hydrogens (tertiary/aromatic N) is 4. The van der Waals surface area contributed by atoms with E-state index in [1.807, 2.05) is 0 Å². The van der Waals surface area contributed by atoms with Gasteiger partial charge in [0.25, 0.3) is 11.8 Å². The molecule has 1 aliphatic heterocycles. The predicted molar refractivity (Wildman–Crippen MR) is 129 cm³/mol. The van der Waals surface area contributed by atoms with Crippen molar-refractivity contribution in [1.82, 2.24) is 25.2 Å². The third kappa shape index (κ3) is 6.03. The van der Waals surface area contributed by atoms with Gasteiger partial charge >= 0.3 is 6.18 Å². The number of nitrogens with one attached hydrogen (secondary N) is 3. The average Bonchev–Trinajstić information content (AvgIpc) is 3.25. The number of hydrogen-bond acceptors (Lipinski definition) is 8. The SMILES string of the molecule is C[C@H](NC(=O)c1ncnc2c1CN(C)CC(=O)N2)c1ncc(C(=O)Nc2ccc(Cl)c(C(F)(F)F)c2)s1. The molecule has 15 heteroatoms. The summed E-state index contributed by atoms with van der Waals surface area (Å²) in [5, 5.41) is 7.70. The first-order chi connectivity index (χ1) is 17.4. The lowest BCUT2D eigenvalue weighted by Gasteiger charge is -2.16. The molecule has 4 rings (SSSR count). The van der Waals surface area contributed by atoms with Gasteiger partial charge in [0.1, 0.15) is 27.7 Å². The van der Waals surface area contributed by atoms with Gasteiger partial charge in [0.05, 0.1) is 29.4 Å². The molecular weight excluding hydrogens is 535 g/mol. The molecule has 37 heavy (non-hydrogen) atoms. The molecule has 1 atom stereocenters. The van der Waals surface area contributed by atoms with E-state index in [0.717, 1.165) is 23.5 Å². The lowest BCUT2D eigenvalue weighted by molar-refractivity contribution is -0.137. The second-order valence-corrected chi connectivity index (χ2v) is 9.64. The van der Waals surface area contributed by atoms with Crippen LogP contribution in [0.3, 0.4) is 0 Å². The van der Waals surface area contributed by atoms with Gasteiger partial charge in [-0.05, 0) is 32.2 Å². The van der Waals surface area contributed by atoms with Crippen molar-refractivity contribution in [2.75, 3.05) is 24.2 Å². The molecule has 0 spiro atoms. The maximum Gasteiger partial charge on any atom is 0.417 e. The second kappa shape index (κ2) is 10.4. The lowest BCUT2D eigenvalue weighted by Crippen LogP contribution is -2.29. The van der Waals surface area contributed by atoms with Gasteiger partial charge in [0.2, 0.25) is 5.91 Å². The molecule has 0 aliphatic carbocycles. The van der Waals surface area contributed by atoms with Crippen molar-refractivity contribution < 1.29 is 27.6 Å². The van der Waals surface area contributed by atoms with E-state index in [2.05, 4.69) is 30.9 Å². The number of fused-ring (bicyclic) bond motifs is 1. The molecule has 0 unspecified atom stereocenters. The summed E-state index contributed by atoms with van der Waals surface area (Å²) in [6, 6.07) is 2.42. The summed E-state index contributed by atoms with van der Waals surface area (Å²) in [6.45, 7) is 2.06. The fraction of sp³-hybridized carbons (Fsp3) is 0.273. The Balaban J connectivity index is 1.46. The highest BCUT2D eigenvalue weighted by Crippen LogP contribution is 2.36. The number of rotatable bonds is 5. The van der Waals surface area contributed by atoms with E-state index in [1.54, 1.807) is 18.9 Å². The van der Waals surface area contributed by atoms with Crippen LogP contribution in [0.25, 0.3) is 0 Å². The summed E-state index contributed by atoms with van der Waals surface area (Å²) in [5.74, 6) is -1.21. The van der Waals surface area contributed by atoms with Crippen LogP contribution in [0.2, 0.25) is 5.02 Å². The summed E-state index contributed by atoms with van der Waals surface area (Å²) < 4.78 is 39.3. The maximum absolute atomic E-state index is 13.1. The van der Waals surface area contributed by atoms with E-state index >= 15 is 0 Å². The molecule has 2 aromatic heterocycles. The Kier molecular flexibility index (Phi) is 7.43. The first-order valence-electron chi connectivity index (χ1n) is 10.7. The van der Waals surface area contributed by atoms with E-state index < -0.39 is 34.6 Å². The minimum Gasteiger partial charge on any atom is -0.342 e. The molecular formula is C22H19ClF3N7O3S. The standard InChI is InChI=1S/C22H19ClF3N7O3S/c1-10(30-20(36)17-12-7-33(2)8-16(34)32-18(12)29-9-28-17)21-27-6-15(37-21)19(35)31-11-3-4-14(23)13(5-11)22(24,25)26/h3-6,9-10H,7-8H2,1-2H3,(H,30,36)(H,31,35)(H,28,29,32,34)/t10-/m0/s1. The number of halogens is 4. The van der Waals surface area contributed by atoms with Gasteiger partial charge in [0, 0.05) is 17.8 Å². The Hall–Kier alpha value is -3.62. The number of likely N-dealkylation sites (N-methyl/N-ethyl adjacent to an activating group) is 1. The summed E-state index contributed by atoms with van der Waals surface area (Å²) in [6.07, 6.45) is -2.23. The summed E-state index contributed by atoms with van der Waals surface area (Å²) >= 11 is 6.58. The topological polar surface area (TPSA) is 129 Å². The van der Waals surface area contributed by atoms with Crippen LogP contribution < -0.4 is 16.0 Å². The largest absolute Gasteiger partial charge is 0.417 e. The first-order valence-corrected chi connectivity index (χ1v) is 11.9. The molecule has 0 saturated heterocycles. The van der Waals surface area contributed by atoms with Crippen molar-refractivity contribution in [3.05, 3.63) is 62.5 Å². The van der Waals surface area contributed by atoms with Gasteiger partial charge in [-0.2, -0.15) is 13.2 Å². The van der Waals surface area contributed by atoms with E-state index in [4.69, 9.17) is 11.6 Å². The van der Waals surface area contributed by atoms with Crippen molar-refractivity contribution in [3.63, 3.8) is 0 Å².